The standard InChI is InChI=1S/C21H17N3O3/c1-12-7-13(2)9-15(8-12)24-20(26)17(19(25)23-21(24)27)10-14-11-22-18-6-4-3-5-16(14)18/h3-11,26H,1-2H3,(H,23,25,27)/b14-10+. The van der Waals surface area contributed by atoms with E-state index >= 15 is 0 Å². The number of allylic oxidation sites excluding steroid dienone is 1. The second-order valence-corrected chi connectivity index (χ2v) is 6.55. The number of aromatic hydroxyl groups is 1. The Labute approximate surface area is 154 Å². The van der Waals surface area contributed by atoms with Crippen LogP contribution in [0.1, 0.15) is 22.3 Å². The van der Waals surface area contributed by atoms with Gasteiger partial charge < -0.3 is 5.11 Å². The molecule has 0 aliphatic carbocycles. The van der Waals surface area contributed by atoms with E-state index in [0.29, 0.717) is 11.3 Å². The normalized spacial score (nSPS) is 13.9. The van der Waals surface area contributed by atoms with E-state index in [9.17, 15) is 14.7 Å². The van der Waals surface area contributed by atoms with Gasteiger partial charge in [0.05, 0.1) is 11.4 Å². The molecule has 134 valence electrons. The molecule has 2 heterocycles. The van der Waals surface area contributed by atoms with Gasteiger partial charge in [-0.2, -0.15) is 0 Å². The number of aromatic amines is 1. The van der Waals surface area contributed by atoms with E-state index in [-0.39, 0.29) is 5.56 Å². The van der Waals surface area contributed by atoms with Crippen molar-refractivity contribution in [3.63, 3.8) is 0 Å². The molecule has 0 saturated carbocycles. The van der Waals surface area contributed by atoms with Gasteiger partial charge in [0.1, 0.15) is 5.56 Å². The van der Waals surface area contributed by atoms with Crippen LogP contribution in [0.25, 0.3) is 17.3 Å². The molecule has 2 N–H and O–H groups in total. The molecule has 1 aromatic heterocycles. The van der Waals surface area contributed by atoms with E-state index in [2.05, 4.69) is 9.98 Å². The van der Waals surface area contributed by atoms with Gasteiger partial charge in [-0.3, -0.25) is 14.8 Å². The second-order valence-electron chi connectivity index (χ2n) is 6.55. The van der Waals surface area contributed by atoms with Crippen molar-refractivity contribution in [2.75, 3.05) is 0 Å². The molecule has 6 nitrogen and oxygen atoms in total. The average Bonchev–Trinajstić information content (AvgIpc) is 3.00. The van der Waals surface area contributed by atoms with Crippen molar-refractivity contribution >= 4 is 23.6 Å². The van der Waals surface area contributed by atoms with Gasteiger partial charge in [-0.1, -0.05) is 24.3 Å². The molecule has 3 aromatic rings. The second kappa shape index (κ2) is 6.25. The Morgan fingerprint density at radius 1 is 1.07 bits per heavy atom. The zero-order chi connectivity index (χ0) is 19.1. The van der Waals surface area contributed by atoms with Crippen molar-refractivity contribution in [1.29, 1.82) is 0 Å². The van der Waals surface area contributed by atoms with Crippen LogP contribution in [-0.4, -0.2) is 20.9 Å². The number of rotatable bonds is 2. The quantitative estimate of drug-likeness (QED) is 0.737. The highest BCUT2D eigenvalue weighted by Gasteiger charge is 2.17. The lowest BCUT2D eigenvalue weighted by atomic mass is 10.1. The zero-order valence-electron chi connectivity index (χ0n) is 14.9. The first-order chi connectivity index (χ1) is 12.9. The molecule has 2 aromatic carbocycles. The SMILES string of the molecule is Cc1cc(C)cc(-n2c(O)c(/C=C3\C=Nc4ccccc43)c(=O)[nH]c2=O)c1. The molecule has 0 unspecified atom stereocenters. The smallest absolute Gasteiger partial charge is 0.335 e. The summed E-state index contributed by atoms with van der Waals surface area (Å²) in [4.78, 5) is 31.3. The molecule has 27 heavy (non-hydrogen) atoms. The van der Waals surface area contributed by atoms with Crippen LogP contribution in [0, 0.1) is 13.8 Å². The molecule has 1 aliphatic rings. The number of H-pyrrole nitrogens is 1. The summed E-state index contributed by atoms with van der Waals surface area (Å²) in [6, 6.07) is 13.0. The number of aromatic nitrogens is 2. The van der Waals surface area contributed by atoms with E-state index in [1.54, 1.807) is 24.4 Å². The highest BCUT2D eigenvalue weighted by Crippen LogP contribution is 2.32. The fraction of sp³-hybridized carbons (Fsp3) is 0.0952. The third-order valence-electron chi connectivity index (χ3n) is 4.44. The lowest BCUT2D eigenvalue weighted by molar-refractivity contribution is 0.429. The first-order valence-corrected chi connectivity index (χ1v) is 8.46. The van der Waals surface area contributed by atoms with E-state index in [0.717, 1.165) is 26.9 Å². The summed E-state index contributed by atoms with van der Waals surface area (Å²) >= 11 is 0. The minimum absolute atomic E-state index is 0.00640. The van der Waals surface area contributed by atoms with Gasteiger partial charge in [0.15, 0.2) is 0 Å². The Balaban J connectivity index is 1.94. The van der Waals surface area contributed by atoms with Crippen LogP contribution < -0.4 is 11.2 Å². The molecule has 6 heteroatoms. The summed E-state index contributed by atoms with van der Waals surface area (Å²) in [7, 11) is 0. The van der Waals surface area contributed by atoms with Crippen molar-refractivity contribution in [3.8, 4) is 11.6 Å². The lowest BCUT2D eigenvalue weighted by Crippen LogP contribution is -2.30. The van der Waals surface area contributed by atoms with Crippen LogP contribution in [-0.2, 0) is 0 Å². The van der Waals surface area contributed by atoms with E-state index in [1.165, 1.54) is 0 Å². The maximum Gasteiger partial charge on any atom is 0.335 e. The van der Waals surface area contributed by atoms with E-state index in [1.807, 2.05) is 44.2 Å². The Hall–Kier alpha value is -3.67. The molecule has 0 fully saturated rings. The minimum atomic E-state index is -0.690. The fourth-order valence-electron chi connectivity index (χ4n) is 3.30. The number of nitrogens with one attached hydrogen (secondary N) is 1. The van der Waals surface area contributed by atoms with Crippen LogP contribution in [0.5, 0.6) is 5.88 Å². The summed E-state index contributed by atoms with van der Waals surface area (Å²) < 4.78 is 1.10. The van der Waals surface area contributed by atoms with Crippen LogP contribution in [0.4, 0.5) is 5.69 Å². The summed E-state index contributed by atoms with van der Waals surface area (Å²) in [6.07, 6.45) is 3.18. The van der Waals surface area contributed by atoms with Gasteiger partial charge in [0.25, 0.3) is 5.56 Å². The van der Waals surface area contributed by atoms with Gasteiger partial charge in [-0.15, -0.1) is 0 Å². The molecule has 0 bridgehead atoms. The highest BCUT2D eigenvalue weighted by atomic mass is 16.3. The van der Waals surface area contributed by atoms with Crippen LogP contribution in [0.3, 0.4) is 0 Å². The largest absolute Gasteiger partial charge is 0.494 e. The van der Waals surface area contributed by atoms with Crippen molar-refractivity contribution in [2.45, 2.75) is 13.8 Å². The maximum absolute atomic E-state index is 12.4. The molecule has 0 atom stereocenters. The summed E-state index contributed by atoms with van der Waals surface area (Å²) in [5.74, 6) is -0.404. The van der Waals surface area contributed by atoms with Crippen LogP contribution >= 0.6 is 0 Å². The van der Waals surface area contributed by atoms with Crippen LogP contribution in [0.15, 0.2) is 57.0 Å². The third kappa shape index (κ3) is 2.91. The van der Waals surface area contributed by atoms with Gasteiger partial charge >= 0.3 is 5.69 Å². The average molecular weight is 359 g/mol. The number of fused-ring (bicyclic) bond motifs is 1. The summed E-state index contributed by atoms with van der Waals surface area (Å²) in [5.41, 5.74) is 3.39. The molecule has 4 rings (SSSR count). The Bertz CT molecular complexity index is 1230. The number of aliphatic imine (C=N–C) groups is 1. The number of para-hydroxylation sites is 1. The van der Waals surface area contributed by atoms with Gasteiger partial charge in [0, 0.05) is 17.4 Å². The molecule has 0 amide bonds. The molecule has 1 aliphatic heterocycles. The predicted octanol–water partition coefficient (Wildman–Crippen LogP) is 3.10. The Morgan fingerprint density at radius 2 is 1.78 bits per heavy atom. The zero-order valence-corrected chi connectivity index (χ0v) is 14.9. The Morgan fingerprint density at radius 3 is 2.52 bits per heavy atom. The van der Waals surface area contributed by atoms with Gasteiger partial charge in [-0.05, 0) is 49.2 Å². The highest BCUT2D eigenvalue weighted by molar-refractivity contribution is 6.21. The molecule has 0 saturated heterocycles. The predicted molar refractivity (Wildman–Crippen MR) is 106 cm³/mol. The van der Waals surface area contributed by atoms with Crippen molar-refractivity contribution in [3.05, 3.63) is 85.6 Å². The van der Waals surface area contributed by atoms with Crippen molar-refractivity contribution in [1.82, 2.24) is 9.55 Å². The van der Waals surface area contributed by atoms with Gasteiger partial charge in [0.2, 0.25) is 5.88 Å². The minimum Gasteiger partial charge on any atom is -0.494 e. The molecular weight excluding hydrogens is 342 g/mol. The van der Waals surface area contributed by atoms with E-state index in [4.69, 9.17) is 0 Å². The summed E-state index contributed by atoms with van der Waals surface area (Å²) in [5, 5.41) is 10.7. The maximum atomic E-state index is 12.4. The first kappa shape index (κ1) is 16.8. The monoisotopic (exact) mass is 359 g/mol. The number of nitrogens with zero attached hydrogens (tertiary/aromatic N) is 2. The molecule has 0 spiro atoms. The molecule has 0 radical (unpaired) electrons. The number of hydrogen-bond donors (Lipinski definition) is 2. The topological polar surface area (TPSA) is 87.4 Å². The Kier molecular flexibility index (Phi) is 3.88. The lowest BCUT2D eigenvalue weighted by Gasteiger charge is -2.12. The number of benzene rings is 2. The van der Waals surface area contributed by atoms with Gasteiger partial charge in [-0.25, -0.2) is 9.36 Å². The summed E-state index contributed by atoms with van der Waals surface area (Å²) in [6.45, 7) is 3.80. The number of aryl methyl sites for hydroxylation is 2. The molecular formula is C21H17N3O3. The third-order valence-corrected chi connectivity index (χ3v) is 4.44. The van der Waals surface area contributed by atoms with Crippen molar-refractivity contribution in [2.24, 2.45) is 4.99 Å². The first-order valence-electron chi connectivity index (χ1n) is 8.46. The van der Waals surface area contributed by atoms with Crippen molar-refractivity contribution < 1.29 is 5.11 Å². The fourth-order valence-corrected chi connectivity index (χ4v) is 3.30. The van der Waals surface area contributed by atoms with Crippen LogP contribution in [0.2, 0.25) is 0 Å². The van der Waals surface area contributed by atoms with E-state index < -0.39 is 17.1 Å². The number of hydrogen-bond acceptors (Lipinski definition) is 4.